The van der Waals surface area contributed by atoms with Crippen molar-refractivity contribution in [1.82, 2.24) is 34.5 Å². The van der Waals surface area contributed by atoms with Crippen molar-refractivity contribution in [2.24, 2.45) is 5.41 Å². The lowest BCUT2D eigenvalue weighted by molar-refractivity contribution is -0.138. The van der Waals surface area contributed by atoms with Crippen molar-refractivity contribution in [3.8, 4) is 11.1 Å². The number of pyridine rings is 1. The molecule has 5 heterocycles. The number of anilines is 1. The van der Waals surface area contributed by atoms with Crippen LogP contribution in [-0.4, -0.2) is 84.4 Å². The van der Waals surface area contributed by atoms with Crippen LogP contribution in [0.3, 0.4) is 0 Å². The van der Waals surface area contributed by atoms with Crippen LogP contribution in [0.1, 0.15) is 60.9 Å². The SMILES string of the molecule is CC(=O)c1nn(CC(=O)N2[C@H]3C[C@]4(C[C@@H]24)CN(C)CCCCC=CCc2ccc(Br)nc2NC3=O)c2ccc(-c3cnc(C)nc3)cc12. The number of Topliss-reactive ketones (excluding diaryl/α,β-unsaturated/α-hetero) is 1. The largest absolute Gasteiger partial charge is 0.325 e. The molecule has 48 heavy (non-hydrogen) atoms. The second-order valence-corrected chi connectivity index (χ2v) is 14.3. The van der Waals surface area contributed by atoms with E-state index in [0.717, 1.165) is 55.5 Å². The Morgan fingerprint density at radius 3 is 2.67 bits per heavy atom. The van der Waals surface area contributed by atoms with Gasteiger partial charge in [0.15, 0.2) is 5.78 Å². The molecular formula is C36H39BrN8O3. The van der Waals surface area contributed by atoms with Gasteiger partial charge >= 0.3 is 0 Å². The number of halogens is 1. The van der Waals surface area contributed by atoms with Gasteiger partial charge < -0.3 is 15.1 Å². The van der Waals surface area contributed by atoms with Crippen LogP contribution in [0.25, 0.3) is 22.0 Å². The van der Waals surface area contributed by atoms with E-state index >= 15 is 0 Å². The van der Waals surface area contributed by atoms with Crippen molar-refractivity contribution >= 4 is 50.2 Å². The highest BCUT2D eigenvalue weighted by atomic mass is 79.9. The molecule has 3 aliphatic rings. The molecule has 2 bridgehead atoms. The molecular weight excluding hydrogens is 672 g/mol. The molecule has 11 nitrogen and oxygen atoms in total. The van der Waals surface area contributed by atoms with Crippen molar-refractivity contribution in [2.75, 3.05) is 25.5 Å². The molecule has 7 rings (SSSR count). The fraction of sp³-hybridized carbons (Fsp3) is 0.417. The minimum atomic E-state index is -0.649. The number of nitrogens with zero attached hydrogens (tertiary/aromatic N) is 7. The van der Waals surface area contributed by atoms with Crippen molar-refractivity contribution in [3.05, 3.63) is 76.6 Å². The first-order chi connectivity index (χ1) is 23.1. The number of hydrogen-bond donors (Lipinski definition) is 1. The van der Waals surface area contributed by atoms with Gasteiger partial charge in [-0.2, -0.15) is 5.10 Å². The monoisotopic (exact) mass is 710 g/mol. The van der Waals surface area contributed by atoms with Gasteiger partial charge in [-0.3, -0.25) is 19.1 Å². The van der Waals surface area contributed by atoms with Gasteiger partial charge in [0.2, 0.25) is 11.8 Å². The minimum absolute atomic E-state index is 0.0438. The van der Waals surface area contributed by atoms with Crippen LogP contribution in [0.15, 0.2) is 59.5 Å². The van der Waals surface area contributed by atoms with Crippen molar-refractivity contribution in [2.45, 2.75) is 71.0 Å². The highest BCUT2D eigenvalue weighted by Crippen LogP contribution is 2.60. The Balaban J connectivity index is 1.20. The normalized spacial score (nSPS) is 23.1. The number of aromatic nitrogens is 5. The number of carbonyl (C=O) groups excluding carboxylic acids is 3. The lowest BCUT2D eigenvalue weighted by Crippen LogP contribution is -2.47. The molecule has 2 amide bonds. The average molecular weight is 712 g/mol. The second kappa shape index (κ2) is 13.0. The van der Waals surface area contributed by atoms with E-state index in [4.69, 9.17) is 0 Å². The summed E-state index contributed by atoms with van der Waals surface area (Å²) in [4.78, 5) is 58.5. The van der Waals surface area contributed by atoms with Crippen LogP contribution >= 0.6 is 15.9 Å². The van der Waals surface area contributed by atoms with Gasteiger partial charge in [-0.25, -0.2) is 15.0 Å². The number of ketones is 1. The van der Waals surface area contributed by atoms with Gasteiger partial charge in [0.1, 0.15) is 34.5 Å². The zero-order chi connectivity index (χ0) is 33.6. The molecule has 0 unspecified atom stereocenters. The van der Waals surface area contributed by atoms with Crippen LogP contribution in [0.4, 0.5) is 5.82 Å². The fourth-order valence-corrected chi connectivity index (χ4v) is 7.77. The van der Waals surface area contributed by atoms with E-state index in [0.29, 0.717) is 45.7 Å². The Bertz CT molecular complexity index is 1940. The molecule has 1 saturated heterocycles. The van der Waals surface area contributed by atoms with Gasteiger partial charge in [0.25, 0.3) is 0 Å². The number of carbonyl (C=O) groups is 3. The molecule has 1 N–H and O–H groups in total. The van der Waals surface area contributed by atoms with Crippen molar-refractivity contribution in [3.63, 3.8) is 0 Å². The van der Waals surface area contributed by atoms with E-state index < -0.39 is 6.04 Å². The Morgan fingerprint density at radius 1 is 1.06 bits per heavy atom. The Labute approximate surface area is 288 Å². The summed E-state index contributed by atoms with van der Waals surface area (Å²) >= 11 is 3.46. The summed E-state index contributed by atoms with van der Waals surface area (Å²) in [5.74, 6) is 0.554. The maximum atomic E-state index is 14.3. The summed E-state index contributed by atoms with van der Waals surface area (Å²) < 4.78 is 2.23. The summed E-state index contributed by atoms with van der Waals surface area (Å²) in [5, 5.41) is 8.37. The molecule has 4 aromatic rings. The summed E-state index contributed by atoms with van der Waals surface area (Å²) in [6.07, 6.45) is 13.1. The number of piperidine rings is 1. The summed E-state index contributed by atoms with van der Waals surface area (Å²) in [6.45, 7) is 5.01. The van der Waals surface area contributed by atoms with E-state index in [1.54, 1.807) is 22.0 Å². The van der Waals surface area contributed by atoms with E-state index in [1.165, 1.54) is 6.92 Å². The molecule has 1 spiro atoms. The molecule has 1 aliphatic carbocycles. The number of rotatable bonds is 4. The number of likely N-dealkylation sites (tertiary alicyclic amines) is 1. The topological polar surface area (TPSA) is 126 Å². The van der Waals surface area contributed by atoms with Crippen molar-refractivity contribution < 1.29 is 14.4 Å². The van der Waals surface area contributed by atoms with Crippen LogP contribution in [0.2, 0.25) is 0 Å². The zero-order valence-electron chi connectivity index (χ0n) is 27.4. The first-order valence-corrected chi connectivity index (χ1v) is 17.3. The molecule has 3 atom stereocenters. The maximum Gasteiger partial charge on any atom is 0.248 e. The van der Waals surface area contributed by atoms with Gasteiger partial charge in [-0.05, 0) is 104 Å². The van der Waals surface area contributed by atoms with Crippen LogP contribution in [0, 0.1) is 12.3 Å². The molecule has 248 valence electrons. The highest BCUT2D eigenvalue weighted by Gasteiger charge is 2.67. The molecule has 1 aromatic carbocycles. The van der Waals surface area contributed by atoms with Crippen LogP contribution in [-0.2, 0) is 22.6 Å². The van der Waals surface area contributed by atoms with Crippen molar-refractivity contribution in [1.29, 1.82) is 0 Å². The molecule has 1 saturated carbocycles. The van der Waals surface area contributed by atoms with E-state index in [9.17, 15) is 14.4 Å². The van der Waals surface area contributed by atoms with E-state index in [-0.39, 0.29) is 35.6 Å². The zero-order valence-corrected chi connectivity index (χ0v) is 29.0. The summed E-state index contributed by atoms with van der Waals surface area (Å²) in [7, 11) is 2.14. The first kappa shape index (κ1) is 32.3. The van der Waals surface area contributed by atoms with Gasteiger partial charge in [-0.15, -0.1) is 0 Å². The number of amides is 2. The van der Waals surface area contributed by atoms with Crippen LogP contribution in [0.5, 0.6) is 0 Å². The van der Waals surface area contributed by atoms with Gasteiger partial charge in [0, 0.05) is 48.3 Å². The standard InChI is InChI=1S/C36H39BrN8O3/c1-22(46)33-27-15-25(26-18-38-23(2)39-19-26)10-12-28(27)44(42-33)20-32(47)45-29-16-36(17-30(36)45)21-43(3)14-8-6-4-5-7-9-24-11-13-31(37)40-34(24)41-35(29)48/h5,7,10-13,15,18-19,29-30H,4,6,8-9,14,16-17,20-21H2,1-3H3,(H,40,41,48)/t29-,30+,36-/m0/s1. The number of aryl methyl sites for hydroxylation is 1. The Morgan fingerprint density at radius 2 is 1.88 bits per heavy atom. The number of allylic oxidation sites excluding steroid dienone is 2. The van der Waals surface area contributed by atoms with E-state index in [1.807, 2.05) is 37.3 Å². The molecule has 12 heteroatoms. The quantitative estimate of drug-likeness (QED) is 0.170. The maximum absolute atomic E-state index is 14.3. The minimum Gasteiger partial charge on any atom is -0.325 e. The third-order valence-electron chi connectivity index (χ3n) is 9.93. The third-order valence-corrected chi connectivity index (χ3v) is 10.4. The predicted octanol–water partition coefficient (Wildman–Crippen LogP) is 5.37. The lowest BCUT2D eigenvalue weighted by Gasteiger charge is -2.27. The first-order valence-electron chi connectivity index (χ1n) is 16.5. The smallest absolute Gasteiger partial charge is 0.248 e. The molecule has 2 aliphatic heterocycles. The fourth-order valence-electron chi connectivity index (χ4n) is 7.46. The molecule has 0 radical (unpaired) electrons. The van der Waals surface area contributed by atoms with Gasteiger partial charge in [-0.1, -0.05) is 24.3 Å². The second-order valence-electron chi connectivity index (χ2n) is 13.5. The number of hydrogen-bond acceptors (Lipinski definition) is 8. The summed E-state index contributed by atoms with van der Waals surface area (Å²) in [6, 6.07) is 8.86. The van der Waals surface area contributed by atoms with E-state index in [2.05, 4.69) is 65.4 Å². The lowest BCUT2D eigenvalue weighted by atomic mass is 9.98. The highest BCUT2D eigenvalue weighted by molar-refractivity contribution is 9.10. The molecule has 3 aromatic heterocycles. The number of benzene rings is 1. The third kappa shape index (κ3) is 6.30. The molecule has 2 fully saturated rings. The van der Waals surface area contributed by atoms with Crippen LogP contribution < -0.4 is 5.32 Å². The Kier molecular flexibility index (Phi) is 8.71. The number of fused-ring (bicyclic) bond motifs is 3. The summed E-state index contributed by atoms with van der Waals surface area (Å²) in [5.41, 5.74) is 3.42. The Hall–Kier alpha value is -4.29. The number of nitrogens with one attached hydrogen (secondary N) is 1. The van der Waals surface area contributed by atoms with Gasteiger partial charge in [0.05, 0.1) is 5.52 Å². The average Bonchev–Trinajstić information content (AvgIpc) is 3.45. The predicted molar refractivity (Wildman–Crippen MR) is 186 cm³/mol.